The highest BCUT2D eigenvalue weighted by Crippen LogP contribution is 2.21. The van der Waals surface area contributed by atoms with Crippen LogP contribution in [-0.2, 0) is 0 Å². The zero-order valence-corrected chi connectivity index (χ0v) is 11.1. The topological polar surface area (TPSA) is 0 Å². The molecule has 0 aromatic rings. The highest BCUT2D eigenvalue weighted by molar-refractivity contribution is 5.32. The van der Waals surface area contributed by atoms with Crippen LogP contribution in [0.1, 0.15) is 60.3 Å². The molecule has 15 heavy (non-hydrogen) atoms. The Balaban J connectivity index is 4.68. The average Bonchev–Trinajstić information content (AvgIpc) is 2.27. The Kier molecular flexibility index (Phi) is 7.11. The molecule has 0 atom stereocenters. The Bertz CT molecular complexity index is 264. The summed E-state index contributed by atoms with van der Waals surface area (Å²) in [5.41, 5.74) is 5.72. The van der Waals surface area contributed by atoms with Gasteiger partial charge in [0, 0.05) is 0 Å². The molecule has 0 N–H and O–H groups in total. The van der Waals surface area contributed by atoms with E-state index in [2.05, 4.69) is 47.3 Å². The van der Waals surface area contributed by atoms with Gasteiger partial charge >= 0.3 is 0 Å². The summed E-state index contributed by atoms with van der Waals surface area (Å²) in [5.74, 6) is 0. The molecule has 0 saturated carbocycles. The minimum atomic E-state index is 1.06. The Morgan fingerprint density at radius 1 is 1.00 bits per heavy atom. The van der Waals surface area contributed by atoms with Gasteiger partial charge in [-0.3, -0.25) is 0 Å². The van der Waals surface area contributed by atoms with Crippen molar-refractivity contribution in [2.75, 3.05) is 0 Å². The summed E-state index contributed by atoms with van der Waals surface area (Å²) in [6.45, 7) is 15.1. The van der Waals surface area contributed by atoms with Gasteiger partial charge in [0.15, 0.2) is 0 Å². The minimum absolute atomic E-state index is 1.06. The van der Waals surface area contributed by atoms with Gasteiger partial charge in [-0.2, -0.15) is 0 Å². The molecule has 86 valence electrons. The third-order valence-electron chi connectivity index (χ3n) is 3.17. The predicted molar refractivity (Wildman–Crippen MR) is 71.1 cm³/mol. The fourth-order valence-corrected chi connectivity index (χ4v) is 1.52. The first-order valence-corrected chi connectivity index (χ1v) is 6.09. The van der Waals surface area contributed by atoms with Crippen LogP contribution in [-0.4, -0.2) is 0 Å². The molecular weight excluding hydrogens is 180 g/mol. The van der Waals surface area contributed by atoms with Crippen LogP contribution in [0.3, 0.4) is 0 Å². The van der Waals surface area contributed by atoms with Gasteiger partial charge in [-0.05, 0) is 45.1 Å². The fraction of sp³-hybridized carbons (Fsp3) is 0.600. The van der Waals surface area contributed by atoms with Gasteiger partial charge in [0.25, 0.3) is 0 Å². The third kappa shape index (κ3) is 5.01. The molecule has 0 heteroatoms. The van der Waals surface area contributed by atoms with Gasteiger partial charge in [-0.1, -0.05) is 50.1 Å². The summed E-state index contributed by atoms with van der Waals surface area (Å²) in [6.07, 6.45) is 6.81. The Labute approximate surface area is 95.8 Å². The van der Waals surface area contributed by atoms with Crippen molar-refractivity contribution in [2.45, 2.75) is 60.3 Å². The molecule has 0 nitrogen and oxygen atoms in total. The fourth-order valence-electron chi connectivity index (χ4n) is 1.52. The first-order valence-electron chi connectivity index (χ1n) is 6.09. The van der Waals surface area contributed by atoms with Crippen molar-refractivity contribution in [3.63, 3.8) is 0 Å². The molecule has 0 aromatic heterocycles. The second-order valence-electron chi connectivity index (χ2n) is 4.15. The maximum atomic E-state index is 4.11. The van der Waals surface area contributed by atoms with Crippen LogP contribution in [0.4, 0.5) is 0 Å². The van der Waals surface area contributed by atoms with Crippen LogP contribution < -0.4 is 0 Å². The normalized spacial score (nSPS) is 13.8. The quantitative estimate of drug-likeness (QED) is 0.402. The standard InChI is InChI=1S/C15H26/c1-7-12(4)10-11-15(9-3)14(6)13(5)8-2/h10H,5,7-9,11H2,1-4,6H3. The summed E-state index contributed by atoms with van der Waals surface area (Å²) < 4.78 is 0. The summed E-state index contributed by atoms with van der Waals surface area (Å²) in [4.78, 5) is 0. The molecule has 0 aliphatic rings. The lowest BCUT2D eigenvalue weighted by atomic mass is 9.96. The third-order valence-corrected chi connectivity index (χ3v) is 3.17. The van der Waals surface area contributed by atoms with Gasteiger partial charge in [-0.25, -0.2) is 0 Å². The lowest BCUT2D eigenvalue weighted by Crippen LogP contribution is -1.90. The van der Waals surface area contributed by atoms with Gasteiger partial charge in [-0.15, -0.1) is 0 Å². The van der Waals surface area contributed by atoms with Crippen molar-refractivity contribution in [3.05, 3.63) is 34.9 Å². The summed E-state index contributed by atoms with van der Waals surface area (Å²) in [5, 5.41) is 0. The van der Waals surface area contributed by atoms with Crippen molar-refractivity contribution < 1.29 is 0 Å². The molecule has 0 aliphatic heterocycles. The predicted octanol–water partition coefficient (Wildman–Crippen LogP) is 5.43. The molecule has 0 unspecified atom stereocenters. The van der Waals surface area contributed by atoms with Gasteiger partial charge in [0.05, 0.1) is 0 Å². The first-order chi connectivity index (χ1) is 7.06. The second-order valence-corrected chi connectivity index (χ2v) is 4.15. The monoisotopic (exact) mass is 206 g/mol. The molecule has 0 rings (SSSR count). The molecular formula is C15H26. The van der Waals surface area contributed by atoms with E-state index >= 15 is 0 Å². The van der Waals surface area contributed by atoms with Crippen molar-refractivity contribution in [3.8, 4) is 0 Å². The van der Waals surface area contributed by atoms with Crippen molar-refractivity contribution in [2.24, 2.45) is 0 Å². The lowest BCUT2D eigenvalue weighted by Gasteiger charge is -2.10. The first kappa shape index (κ1) is 14.2. The highest BCUT2D eigenvalue weighted by Gasteiger charge is 2.01. The molecule has 0 amide bonds. The van der Waals surface area contributed by atoms with Gasteiger partial charge in [0.1, 0.15) is 0 Å². The average molecular weight is 206 g/mol. The van der Waals surface area contributed by atoms with E-state index in [1.165, 1.54) is 22.3 Å². The smallest absolute Gasteiger partial charge is 0.0131 e. The molecule has 0 spiro atoms. The molecule has 0 aromatic carbocycles. The Morgan fingerprint density at radius 3 is 2.00 bits per heavy atom. The van der Waals surface area contributed by atoms with Crippen LogP contribution in [0.25, 0.3) is 0 Å². The van der Waals surface area contributed by atoms with Gasteiger partial charge in [0.2, 0.25) is 0 Å². The van der Waals surface area contributed by atoms with E-state index in [1.807, 2.05) is 0 Å². The summed E-state index contributed by atoms with van der Waals surface area (Å²) in [6, 6.07) is 0. The number of hydrogen-bond acceptors (Lipinski definition) is 0. The molecule has 0 aliphatic carbocycles. The summed E-state index contributed by atoms with van der Waals surface area (Å²) in [7, 11) is 0. The Hall–Kier alpha value is -0.780. The van der Waals surface area contributed by atoms with Crippen LogP contribution in [0.15, 0.2) is 34.9 Å². The van der Waals surface area contributed by atoms with E-state index in [0.29, 0.717) is 0 Å². The maximum Gasteiger partial charge on any atom is -0.0131 e. The van der Waals surface area contributed by atoms with Crippen LogP contribution >= 0.6 is 0 Å². The highest BCUT2D eigenvalue weighted by atomic mass is 14.1. The van der Waals surface area contributed by atoms with Crippen LogP contribution in [0.5, 0.6) is 0 Å². The number of hydrogen-bond donors (Lipinski definition) is 0. The van der Waals surface area contributed by atoms with Gasteiger partial charge < -0.3 is 0 Å². The van der Waals surface area contributed by atoms with Crippen molar-refractivity contribution in [1.82, 2.24) is 0 Å². The molecule has 0 saturated heterocycles. The van der Waals surface area contributed by atoms with Crippen LogP contribution in [0, 0.1) is 0 Å². The van der Waals surface area contributed by atoms with Crippen molar-refractivity contribution in [1.29, 1.82) is 0 Å². The second kappa shape index (κ2) is 7.50. The van der Waals surface area contributed by atoms with E-state index in [9.17, 15) is 0 Å². The Morgan fingerprint density at radius 2 is 1.60 bits per heavy atom. The lowest BCUT2D eigenvalue weighted by molar-refractivity contribution is 0.961. The van der Waals surface area contributed by atoms with E-state index in [1.54, 1.807) is 0 Å². The van der Waals surface area contributed by atoms with E-state index in [4.69, 9.17) is 0 Å². The molecule has 0 bridgehead atoms. The number of rotatable bonds is 6. The SMILES string of the molecule is C=C(CC)C(C)=C(CC)CC=C(C)CC. The van der Waals surface area contributed by atoms with E-state index < -0.39 is 0 Å². The zero-order valence-electron chi connectivity index (χ0n) is 11.1. The van der Waals surface area contributed by atoms with E-state index in [0.717, 1.165) is 25.7 Å². The minimum Gasteiger partial charge on any atom is -0.0956 e. The maximum absolute atomic E-state index is 4.11. The largest absolute Gasteiger partial charge is 0.0956 e. The van der Waals surface area contributed by atoms with E-state index in [-0.39, 0.29) is 0 Å². The molecule has 0 radical (unpaired) electrons. The van der Waals surface area contributed by atoms with Crippen molar-refractivity contribution >= 4 is 0 Å². The number of allylic oxidation sites excluding steroid dienone is 5. The summed E-state index contributed by atoms with van der Waals surface area (Å²) >= 11 is 0. The zero-order chi connectivity index (χ0) is 11.8. The molecule has 0 fully saturated rings. The van der Waals surface area contributed by atoms with Crippen LogP contribution in [0.2, 0.25) is 0 Å². The molecule has 0 heterocycles.